The number of nitrogens with one attached hydrogen (secondary N) is 1. The third kappa shape index (κ3) is 4.59. The fraction of sp³-hybridized carbons (Fsp3) is 0.619. The van der Waals surface area contributed by atoms with Gasteiger partial charge in [0.15, 0.2) is 0 Å². The van der Waals surface area contributed by atoms with Crippen molar-refractivity contribution in [1.29, 1.82) is 0 Å². The fourth-order valence-corrected chi connectivity index (χ4v) is 6.05. The molecule has 0 radical (unpaired) electrons. The van der Waals surface area contributed by atoms with Gasteiger partial charge in [0.05, 0.1) is 42.9 Å². The summed E-state index contributed by atoms with van der Waals surface area (Å²) in [5.74, 6) is -1.08. The third-order valence-electron chi connectivity index (χ3n) is 6.46. The SMILES string of the molecule is CCn1ncc(NC(=O)[C@@H]2CCCN(S(=O)(=O)c3cnn(C)c3C)C2)c1C(=O)N1CCOCC1. The first-order valence-electron chi connectivity index (χ1n) is 11.5. The van der Waals surface area contributed by atoms with Gasteiger partial charge in [-0.05, 0) is 26.7 Å². The van der Waals surface area contributed by atoms with Crippen LogP contribution >= 0.6 is 0 Å². The van der Waals surface area contributed by atoms with Crippen molar-refractivity contribution < 1.29 is 22.7 Å². The Hall–Kier alpha value is -2.77. The summed E-state index contributed by atoms with van der Waals surface area (Å²) in [6, 6.07) is 0. The summed E-state index contributed by atoms with van der Waals surface area (Å²) in [6.07, 6.45) is 3.94. The monoisotopic (exact) mass is 493 g/mol. The number of morpholine rings is 1. The Bertz CT molecular complexity index is 1170. The van der Waals surface area contributed by atoms with E-state index in [9.17, 15) is 18.0 Å². The molecular formula is C21H31N7O5S. The van der Waals surface area contributed by atoms with Crippen LogP contribution in [0.4, 0.5) is 5.69 Å². The first-order chi connectivity index (χ1) is 16.2. The van der Waals surface area contributed by atoms with Gasteiger partial charge in [0.25, 0.3) is 5.91 Å². The number of carbonyl (C=O) groups excluding carboxylic acids is 2. The van der Waals surface area contributed by atoms with Crippen LogP contribution in [0.3, 0.4) is 0 Å². The highest BCUT2D eigenvalue weighted by atomic mass is 32.2. The zero-order chi connectivity index (χ0) is 24.5. The Labute approximate surface area is 198 Å². The summed E-state index contributed by atoms with van der Waals surface area (Å²) >= 11 is 0. The lowest BCUT2D eigenvalue weighted by molar-refractivity contribution is -0.120. The highest BCUT2D eigenvalue weighted by molar-refractivity contribution is 7.89. The lowest BCUT2D eigenvalue weighted by Gasteiger charge is -2.31. The van der Waals surface area contributed by atoms with Crippen molar-refractivity contribution in [2.45, 2.75) is 38.1 Å². The molecule has 2 fully saturated rings. The minimum atomic E-state index is -3.77. The van der Waals surface area contributed by atoms with Crippen LogP contribution in [0.25, 0.3) is 0 Å². The Morgan fingerprint density at radius 3 is 2.56 bits per heavy atom. The Balaban J connectivity index is 1.50. The second kappa shape index (κ2) is 9.84. The predicted molar refractivity (Wildman–Crippen MR) is 123 cm³/mol. The molecular weight excluding hydrogens is 462 g/mol. The molecule has 186 valence electrons. The second-order valence-corrected chi connectivity index (χ2v) is 10.4. The minimum Gasteiger partial charge on any atom is -0.378 e. The third-order valence-corrected chi connectivity index (χ3v) is 8.43. The number of amides is 2. The molecule has 2 aromatic heterocycles. The maximum atomic E-state index is 13.2. The maximum Gasteiger partial charge on any atom is 0.274 e. The number of sulfonamides is 1. The summed E-state index contributed by atoms with van der Waals surface area (Å²) in [4.78, 5) is 28.2. The average molecular weight is 494 g/mol. The fourth-order valence-electron chi connectivity index (χ4n) is 4.34. The van der Waals surface area contributed by atoms with Crippen molar-refractivity contribution in [3.63, 3.8) is 0 Å². The number of carbonyl (C=O) groups is 2. The van der Waals surface area contributed by atoms with E-state index in [1.54, 1.807) is 23.6 Å². The van der Waals surface area contributed by atoms with Crippen LogP contribution in [0.5, 0.6) is 0 Å². The number of rotatable bonds is 6. The summed E-state index contributed by atoms with van der Waals surface area (Å²) in [7, 11) is -2.08. The molecule has 0 aliphatic carbocycles. The zero-order valence-electron chi connectivity index (χ0n) is 19.7. The maximum absolute atomic E-state index is 13.2. The Kier molecular flexibility index (Phi) is 7.05. The van der Waals surface area contributed by atoms with Gasteiger partial charge in [0.2, 0.25) is 15.9 Å². The molecule has 1 atom stereocenters. The van der Waals surface area contributed by atoms with Gasteiger partial charge < -0.3 is 15.0 Å². The molecule has 1 N–H and O–H groups in total. The first-order valence-corrected chi connectivity index (χ1v) is 12.9. The molecule has 0 spiro atoms. The van der Waals surface area contributed by atoms with Gasteiger partial charge in [-0.3, -0.25) is 19.0 Å². The molecule has 0 bridgehead atoms. The molecule has 13 heteroatoms. The van der Waals surface area contributed by atoms with E-state index < -0.39 is 15.9 Å². The highest BCUT2D eigenvalue weighted by Gasteiger charge is 2.36. The molecule has 34 heavy (non-hydrogen) atoms. The molecule has 0 aromatic carbocycles. The molecule has 2 saturated heterocycles. The van der Waals surface area contributed by atoms with E-state index in [0.29, 0.717) is 69.3 Å². The lowest BCUT2D eigenvalue weighted by Crippen LogP contribution is -2.44. The molecule has 4 rings (SSSR count). The predicted octanol–water partition coefficient (Wildman–Crippen LogP) is 0.457. The van der Waals surface area contributed by atoms with Crippen LogP contribution in [-0.2, 0) is 33.1 Å². The van der Waals surface area contributed by atoms with E-state index in [1.165, 1.54) is 21.4 Å². The number of hydrogen-bond donors (Lipinski definition) is 1. The highest BCUT2D eigenvalue weighted by Crippen LogP contribution is 2.27. The van der Waals surface area contributed by atoms with Gasteiger partial charge in [-0.1, -0.05) is 0 Å². The number of piperidine rings is 1. The quantitative estimate of drug-likeness (QED) is 0.618. The normalized spacial score (nSPS) is 19.9. The molecule has 2 aromatic rings. The molecule has 0 saturated carbocycles. The van der Waals surface area contributed by atoms with E-state index in [1.807, 2.05) is 6.92 Å². The zero-order valence-corrected chi connectivity index (χ0v) is 20.5. The number of nitrogens with zero attached hydrogens (tertiary/aromatic N) is 6. The van der Waals surface area contributed by atoms with Gasteiger partial charge in [0.1, 0.15) is 10.6 Å². The Morgan fingerprint density at radius 1 is 1.18 bits per heavy atom. The van der Waals surface area contributed by atoms with Crippen molar-refractivity contribution in [1.82, 2.24) is 28.8 Å². The smallest absolute Gasteiger partial charge is 0.274 e. The molecule has 2 amide bonds. The van der Waals surface area contributed by atoms with Crippen LogP contribution in [0.1, 0.15) is 35.9 Å². The van der Waals surface area contributed by atoms with Gasteiger partial charge in [0, 0.05) is 39.8 Å². The summed E-state index contributed by atoms with van der Waals surface area (Å²) in [5.41, 5.74) is 1.21. The number of aromatic nitrogens is 4. The van der Waals surface area contributed by atoms with E-state index in [0.717, 1.165) is 0 Å². The van der Waals surface area contributed by atoms with Crippen LogP contribution in [-0.4, -0.2) is 88.4 Å². The van der Waals surface area contributed by atoms with Gasteiger partial charge in [-0.15, -0.1) is 0 Å². The van der Waals surface area contributed by atoms with E-state index >= 15 is 0 Å². The van der Waals surface area contributed by atoms with Crippen LogP contribution in [0.2, 0.25) is 0 Å². The van der Waals surface area contributed by atoms with Crippen molar-refractivity contribution in [2.75, 3.05) is 44.7 Å². The summed E-state index contributed by atoms with van der Waals surface area (Å²) in [5, 5.41) is 11.1. The number of hydrogen-bond acceptors (Lipinski definition) is 7. The topological polar surface area (TPSA) is 132 Å². The molecule has 2 aliphatic heterocycles. The van der Waals surface area contributed by atoms with E-state index in [4.69, 9.17) is 4.74 Å². The second-order valence-electron chi connectivity index (χ2n) is 8.54. The molecule has 0 unspecified atom stereocenters. The number of ether oxygens (including phenoxy) is 1. The van der Waals surface area contributed by atoms with Gasteiger partial charge >= 0.3 is 0 Å². The van der Waals surface area contributed by atoms with Crippen LogP contribution in [0.15, 0.2) is 17.3 Å². The molecule has 2 aliphatic rings. The lowest BCUT2D eigenvalue weighted by atomic mass is 9.98. The molecule has 12 nitrogen and oxygen atoms in total. The average Bonchev–Trinajstić information content (AvgIpc) is 3.41. The van der Waals surface area contributed by atoms with Crippen molar-refractivity contribution in [3.8, 4) is 0 Å². The summed E-state index contributed by atoms with van der Waals surface area (Å²) in [6.45, 7) is 6.35. The first kappa shape index (κ1) is 24.4. The van der Waals surface area contributed by atoms with Crippen molar-refractivity contribution in [3.05, 3.63) is 23.8 Å². The number of anilines is 1. The minimum absolute atomic E-state index is 0.0666. The number of aryl methyl sites for hydroxylation is 2. The van der Waals surface area contributed by atoms with Gasteiger partial charge in [-0.2, -0.15) is 14.5 Å². The van der Waals surface area contributed by atoms with Crippen LogP contribution in [0, 0.1) is 12.8 Å². The summed E-state index contributed by atoms with van der Waals surface area (Å²) < 4.78 is 36.1. The Morgan fingerprint density at radius 2 is 1.91 bits per heavy atom. The van der Waals surface area contributed by atoms with Gasteiger partial charge in [-0.25, -0.2) is 8.42 Å². The van der Waals surface area contributed by atoms with Crippen LogP contribution < -0.4 is 5.32 Å². The standard InChI is InChI=1S/C21H31N7O5S/c1-4-28-19(21(30)26-8-10-33-11-9-26)17(12-23-28)24-20(29)16-6-5-7-27(14-16)34(31,32)18-13-22-25(3)15(18)2/h12-13,16H,4-11,14H2,1-3H3,(H,24,29)/t16-/m1/s1. The van der Waals surface area contributed by atoms with E-state index in [2.05, 4.69) is 15.5 Å². The molecule has 4 heterocycles. The van der Waals surface area contributed by atoms with E-state index in [-0.39, 0.29) is 23.3 Å². The largest absolute Gasteiger partial charge is 0.378 e. The van der Waals surface area contributed by atoms with Crippen molar-refractivity contribution in [2.24, 2.45) is 13.0 Å². The van der Waals surface area contributed by atoms with Crippen molar-refractivity contribution >= 4 is 27.5 Å².